The lowest BCUT2D eigenvalue weighted by Crippen LogP contribution is -1.92. The second-order valence-corrected chi connectivity index (χ2v) is 3.12. The van der Waals surface area contributed by atoms with Crippen molar-refractivity contribution in [2.75, 3.05) is 5.73 Å². The normalized spacial score (nSPS) is 10.3. The maximum Gasteiger partial charge on any atom is 0.126 e. The number of hydrogen-bond donors (Lipinski definition) is 1. The van der Waals surface area contributed by atoms with Crippen molar-refractivity contribution >= 4 is 5.69 Å². The number of aromatic nitrogens is 1. The molecule has 0 saturated carbocycles. The Hall–Kier alpha value is -1.97. The summed E-state index contributed by atoms with van der Waals surface area (Å²) in [5.41, 5.74) is 7.02. The molecule has 0 amide bonds. The zero-order valence-corrected chi connectivity index (χ0v) is 7.74. The first kappa shape index (κ1) is 9.58. The predicted octanol–water partition coefficient (Wildman–Crippen LogP) is 2.61. The van der Waals surface area contributed by atoms with Crippen LogP contribution in [0.15, 0.2) is 36.7 Å². The summed E-state index contributed by atoms with van der Waals surface area (Å²) in [4.78, 5) is 3.86. The van der Waals surface area contributed by atoms with Gasteiger partial charge in [0, 0.05) is 29.7 Å². The molecule has 0 bridgehead atoms. The number of halogens is 2. The molecule has 0 atom stereocenters. The standard InChI is InChI=1S/C11H8F2N2/c12-8-3-7(4-9(13)5-8)10-6-15-2-1-11(10)14/h1-6H,(H2,14,15). The number of rotatable bonds is 1. The Kier molecular flexibility index (Phi) is 2.33. The zero-order chi connectivity index (χ0) is 10.8. The van der Waals surface area contributed by atoms with E-state index >= 15 is 0 Å². The third-order valence-corrected chi connectivity index (χ3v) is 2.03. The Bertz CT molecular complexity index is 477. The molecule has 1 aromatic heterocycles. The first-order valence-electron chi connectivity index (χ1n) is 4.33. The summed E-state index contributed by atoms with van der Waals surface area (Å²) < 4.78 is 25.9. The fraction of sp³-hybridized carbons (Fsp3) is 0. The Morgan fingerprint density at radius 2 is 1.73 bits per heavy atom. The molecule has 15 heavy (non-hydrogen) atoms. The molecule has 0 radical (unpaired) electrons. The van der Waals surface area contributed by atoms with Crippen LogP contribution in [0.5, 0.6) is 0 Å². The highest BCUT2D eigenvalue weighted by atomic mass is 19.1. The van der Waals surface area contributed by atoms with Crippen molar-refractivity contribution in [2.45, 2.75) is 0 Å². The van der Waals surface area contributed by atoms with Gasteiger partial charge in [-0.1, -0.05) is 0 Å². The topological polar surface area (TPSA) is 38.9 Å². The average Bonchev–Trinajstić information content (AvgIpc) is 2.16. The quantitative estimate of drug-likeness (QED) is 0.778. The van der Waals surface area contributed by atoms with Crippen LogP contribution in [-0.2, 0) is 0 Å². The molecule has 0 saturated heterocycles. The number of nitrogens with two attached hydrogens (primary N) is 1. The van der Waals surface area contributed by atoms with E-state index in [1.54, 1.807) is 6.07 Å². The summed E-state index contributed by atoms with van der Waals surface area (Å²) in [5.74, 6) is -1.26. The number of nitrogen functional groups attached to an aromatic ring is 1. The summed E-state index contributed by atoms with van der Waals surface area (Å²) in [6.45, 7) is 0. The third-order valence-electron chi connectivity index (χ3n) is 2.03. The van der Waals surface area contributed by atoms with E-state index in [1.165, 1.54) is 24.5 Å². The van der Waals surface area contributed by atoms with Gasteiger partial charge >= 0.3 is 0 Å². The van der Waals surface area contributed by atoms with Gasteiger partial charge in [0.2, 0.25) is 0 Å². The second kappa shape index (κ2) is 3.65. The first-order valence-corrected chi connectivity index (χ1v) is 4.33. The molecule has 0 aliphatic carbocycles. The van der Waals surface area contributed by atoms with Crippen molar-refractivity contribution in [2.24, 2.45) is 0 Å². The van der Waals surface area contributed by atoms with E-state index in [-0.39, 0.29) is 0 Å². The third kappa shape index (κ3) is 1.93. The molecule has 0 aliphatic rings. The molecule has 0 fully saturated rings. The van der Waals surface area contributed by atoms with Crippen LogP contribution in [-0.4, -0.2) is 4.98 Å². The molecule has 4 heteroatoms. The fourth-order valence-electron chi connectivity index (χ4n) is 1.36. The van der Waals surface area contributed by atoms with E-state index in [9.17, 15) is 8.78 Å². The van der Waals surface area contributed by atoms with Gasteiger partial charge in [0.25, 0.3) is 0 Å². The summed E-state index contributed by atoms with van der Waals surface area (Å²) in [6, 6.07) is 4.83. The van der Waals surface area contributed by atoms with Crippen LogP contribution in [0.1, 0.15) is 0 Å². The summed E-state index contributed by atoms with van der Waals surface area (Å²) in [6.07, 6.45) is 3.00. The second-order valence-electron chi connectivity index (χ2n) is 3.12. The Labute approximate surface area is 85.4 Å². The molecule has 2 rings (SSSR count). The van der Waals surface area contributed by atoms with Gasteiger partial charge in [-0.25, -0.2) is 8.78 Å². The van der Waals surface area contributed by atoms with Crippen LogP contribution in [0.3, 0.4) is 0 Å². The molecular weight excluding hydrogens is 198 g/mol. The van der Waals surface area contributed by atoms with Crippen LogP contribution >= 0.6 is 0 Å². The summed E-state index contributed by atoms with van der Waals surface area (Å²) in [5, 5.41) is 0. The maximum atomic E-state index is 12.9. The van der Waals surface area contributed by atoms with E-state index in [1.807, 2.05) is 0 Å². The molecule has 2 nitrogen and oxygen atoms in total. The van der Waals surface area contributed by atoms with E-state index in [0.29, 0.717) is 16.8 Å². The van der Waals surface area contributed by atoms with Crippen LogP contribution in [0.2, 0.25) is 0 Å². The molecule has 0 spiro atoms. The number of anilines is 1. The lowest BCUT2D eigenvalue weighted by Gasteiger charge is -2.04. The van der Waals surface area contributed by atoms with Gasteiger partial charge in [-0.3, -0.25) is 4.98 Å². The summed E-state index contributed by atoms with van der Waals surface area (Å²) >= 11 is 0. The highest BCUT2D eigenvalue weighted by Crippen LogP contribution is 2.25. The average molecular weight is 206 g/mol. The van der Waals surface area contributed by atoms with Crippen molar-refractivity contribution in [3.63, 3.8) is 0 Å². The number of benzene rings is 1. The molecule has 0 unspecified atom stereocenters. The highest BCUT2D eigenvalue weighted by molar-refractivity contribution is 5.75. The van der Waals surface area contributed by atoms with Gasteiger partial charge in [0.05, 0.1) is 0 Å². The summed E-state index contributed by atoms with van der Waals surface area (Å²) in [7, 11) is 0. The molecule has 2 aromatic rings. The van der Waals surface area contributed by atoms with Crippen molar-refractivity contribution in [3.8, 4) is 11.1 Å². The minimum atomic E-state index is -0.631. The Morgan fingerprint density at radius 1 is 1.07 bits per heavy atom. The maximum absolute atomic E-state index is 12.9. The first-order chi connectivity index (χ1) is 7.16. The van der Waals surface area contributed by atoms with Crippen LogP contribution in [0.25, 0.3) is 11.1 Å². The fourth-order valence-corrected chi connectivity index (χ4v) is 1.36. The van der Waals surface area contributed by atoms with Gasteiger partial charge in [-0.2, -0.15) is 0 Å². The molecule has 0 aliphatic heterocycles. The van der Waals surface area contributed by atoms with Crippen LogP contribution < -0.4 is 5.73 Å². The number of pyridine rings is 1. The van der Waals surface area contributed by atoms with E-state index in [2.05, 4.69) is 4.98 Å². The van der Waals surface area contributed by atoms with E-state index < -0.39 is 11.6 Å². The Morgan fingerprint density at radius 3 is 2.33 bits per heavy atom. The van der Waals surface area contributed by atoms with Gasteiger partial charge in [-0.05, 0) is 23.8 Å². The smallest absolute Gasteiger partial charge is 0.126 e. The lowest BCUT2D eigenvalue weighted by atomic mass is 10.1. The lowest BCUT2D eigenvalue weighted by molar-refractivity contribution is 0.584. The SMILES string of the molecule is Nc1ccncc1-c1cc(F)cc(F)c1. The molecule has 1 aromatic carbocycles. The van der Waals surface area contributed by atoms with Crippen molar-refractivity contribution in [1.29, 1.82) is 0 Å². The highest BCUT2D eigenvalue weighted by Gasteiger charge is 2.05. The monoisotopic (exact) mass is 206 g/mol. The predicted molar refractivity (Wildman–Crippen MR) is 54.0 cm³/mol. The van der Waals surface area contributed by atoms with E-state index in [4.69, 9.17) is 5.73 Å². The van der Waals surface area contributed by atoms with Crippen LogP contribution in [0.4, 0.5) is 14.5 Å². The number of hydrogen-bond acceptors (Lipinski definition) is 2. The Balaban J connectivity index is 2.59. The molecule has 76 valence electrons. The van der Waals surface area contributed by atoms with Gasteiger partial charge < -0.3 is 5.73 Å². The van der Waals surface area contributed by atoms with Gasteiger partial charge in [0.15, 0.2) is 0 Å². The minimum Gasteiger partial charge on any atom is -0.398 e. The molecule has 2 N–H and O–H groups in total. The largest absolute Gasteiger partial charge is 0.398 e. The van der Waals surface area contributed by atoms with E-state index in [0.717, 1.165) is 6.07 Å². The van der Waals surface area contributed by atoms with Crippen molar-refractivity contribution < 1.29 is 8.78 Å². The molecule has 1 heterocycles. The minimum absolute atomic E-state index is 0.387. The van der Waals surface area contributed by atoms with Crippen LogP contribution in [0, 0.1) is 11.6 Å². The van der Waals surface area contributed by atoms with Gasteiger partial charge in [-0.15, -0.1) is 0 Å². The molecular formula is C11H8F2N2. The van der Waals surface area contributed by atoms with Crippen molar-refractivity contribution in [3.05, 3.63) is 48.3 Å². The van der Waals surface area contributed by atoms with Crippen molar-refractivity contribution in [1.82, 2.24) is 4.98 Å². The van der Waals surface area contributed by atoms with Gasteiger partial charge in [0.1, 0.15) is 11.6 Å². The zero-order valence-electron chi connectivity index (χ0n) is 7.74. The number of nitrogens with zero attached hydrogens (tertiary/aromatic N) is 1.